The number of nitrogens with one attached hydrogen (secondary N) is 1. The van der Waals surface area contributed by atoms with Crippen molar-refractivity contribution in [3.63, 3.8) is 0 Å². The number of methoxy groups -OCH3 is 1. The first kappa shape index (κ1) is 23.3. The highest BCUT2D eigenvalue weighted by Crippen LogP contribution is 2.31. The van der Waals surface area contributed by atoms with Gasteiger partial charge in [0.2, 0.25) is 5.91 Å². The standard InChI is InChI=1S/C26H30N6O2/c1-3-4-13-28-26(33)19(18-27)24-25(30-21-10-6-5-9-20(21)29-24)32-16-14-31(15-17-32)22-11-7-8-12-23(22)34-2/h5-12,19H,3-4,13-17H2,1-2H3,(H,28,33)/t19-/m1/s1. The third-order valence-corrected chi connectivity index (χ3v) is 6.08. The summed E-state index contributed by atoms with van der Waals surface area (Å²) in [4.78, 5) is 26.9. The number of para-hydroxylation sites is 4. The van der Waals surface area contributed by atoms with Gasteiger partial charge in [-0.2, -0.15) is 5.26 Å². The van der Waals surface area contributed by atoms with Crippen LogP contribution in [-0.2, 0) is 4.79 Å². The quantitative estimate of drug-likeness (QED) is 0.516. The van der Waals surface area contributed by atoms with Gasteiger partial charge in [0.15, 0.2) is 11.7 Å². The summed E-state index contributed by atoms with van der Waals surface area (Å²) in [5.74, 6) is 0.108. The number of carbonyl (C=O) groups excluding carboxylic acids is 1. The number of hydrogen-bond acceptors (Lipinski definition) is 7. The number of nitrogens with zero attached hydrogens (tertiary/aromatic N) is 5. The molecule has 1 aromatic heterocycles. The van der Waals surface area contributed by atoms with E-state index in [1.807, 2.05) is 42.5 Å². The zero-order chi connectivity index (χ0) is 23.9. The molecule has 0 radical (unpaired) electrons. The second-order valence-corrected chi connectivity index (χ2v) is 8.27. The molecule has 0 saturated carbocycles. The van der Waals surface area contributed by atoms with Gasteiger partial charge in [0.1, 0.15) is 11.4 Å². The van der Waals surface area contributed by atoms with Gasteiger partial charge in [-0.3, -0.25) is 4.79 Å². The van der Waals surface area contributed by atoms with E-state index in [0.717, 1.165) is 42.9 Å². The number of fused-ring (bicyclic) bond motifs is 1. The largest absolute Gasteiger partial charge is 0.495 e. The van der Waals surface area contributed by atoms with E-state index in [2.05, 4.69) is 34.2 Å². The molecule has 1 N–H and O–H groups in total. The highest BCUT2D eigenvalue weighted by molar-refractivity contribution is 5.88. The number of rotatable bonds is 8. The molecule has 4 rings (SSSR count). The summed E-state index contributed by atoms with van der Waals surface area (Å²) in [7, 11) is 1.68. The molecule has 0 spiro atoms. The van der Waals surface area contributed by atoms with Crippen LogP contribution < -0.4 is 19.9 Å². The number of aromatic nitrogens is 2. The van der Waals surface area contributed by atoms with E-state index in [4.69, 9.17) is 14.7 Å². The SMILES string of the molecule is CCCCNC(=O)[C@H](C#N)c1nc2ccccc2nc1N1CCN(c2ccccc2OC)CC1. The molecule has 2 aromatic carbocycles. The Bertz CT molecular complexity index is 1180. The van der Waals surface area contributed by atoms with Gasteiger partial charge in [0.05, 0.1) is 29.9 Å². The van der Waals surface area contributed by atoms with Crippen LogP contribution in [0, 0.1) is 11.3 Å². The molecule has 34 heavy (non-hydrogen) atoms. The van der Waals surface area contributed by atoms with Gasteiger partial charge in [-0.05, 0) is 30.7 Å². The minimum Gasteiger partial charge on any atom is -0.495 e. The van der Waals surface area contributed by atoms with E-state index in [-0.39, 0.29) is 5.91 Å². The van der Waals surface area contributed by atoms with Crippen LogP contribution in [0.5, 0.6) is 5.75 Å². The summed E-state index contributed by atoms with van der Waals surface area (Å²) in [5, 5.41) is 12.8. The first-order valence-corrected chi connectivity index (χ1v) is 11.7. The van der Waals surface area contributed by atoms with Gasteiger partial charge in [-0.25, -0.2) is 9.97 Å². The maximum atomic E-state index is 12.9. The fourth-order valence-electron chi connectivity index (χ4n) is 4.22. The maximum absolute atomic E-state index is 12.9. The monoisotopic (exact) mass is 458 g/mol. The predicted molar refractivity (Wildman–Crippen MR) is 133 cm³/mol. The Morgan fingerprint density at radius 2 is 1.71 bits per heavy atom. The number of piperazine rings is 1. The number of unbranched alkanes of at least 4 members (excludes halogenated alkanes) is 1. The molecule has 0 aliphatic carbocycles. The molecule has 2 heterocycles. The van der Waals surface area contributed by atoms with Crippen LogP contribution in [0.1, 0.15) is 31.4 Å². The van der Waals surface area contributed by atoms with Crippen molar-refractivity contribution in [1.82, 2.24) is 15.3 Å². The Labute approximate surface area is 200 Å². The van der Waals surface area contributed by atoms with Crippen LogP contribution in [0.3, 0.4) is 0 Å². The Kier molecular flexibility index (Phi) is 7.43. The molecule has 3 aromatic rings. The molecular weight excluding hydrogens is 428 g/mol. The van der Waals surface area contributed by atoms with Crippen LogP contribution in [0.4, 0.5) is 11.5 Å². The van der Waals surface area contributed by atoms with Crippen molar-refractivity contribution < 1.29 is 9.53 Å². The zero-order valence-electron chi connectivity index (χ0n) is 19.7. The Balaban J connectivity index is 1.63. The lowest BCUT2D eigenvalue weighted by molar-refractivity contribution is -0.121. The summed E-state index contributed by atoms with van der Waals surface area (Å²) in [6.45, 7) is 5.50. The minimum absolute atomic E-state index is 0.325. The highest BCUT2D eigenvalue weighted by atomic mass is 16.5. The van der Waals surface area contributed by atoms with Crippen LogP contribution >= 0.6 is 0 Å². The molecule has 1 atom stereocenters. The molecular formula is C26H30N6O2. The molecule has 1 amide bonds. The normalized spacial score (nSPS) is 14.5. The first-order valence-electron chi connectivity index (χ1n) is 11.7. The van der Waals surface area contributed by atoms with Gasteiger partial charge in [-0.15, -0.1) is 0 Å². The fraction of sp³-hybridized carbons (Fsp3) is 0.385. The zero-order valence-corrected chi connectivity index (χ0v) is 19.7. The molecule has 8 nitrogen and oxygen atoms in total. The Morgan fingerprint density at radius 1 is 1.06 bits per heavy atom. The predicted octanol–water partition coefficient (Wildman–Crippen LogP) is 3.49. The number of carbonyl (C=O) groups is 1. The Hall–Kier alpha value is -3.86. The van der Waals surface area contributed by atoms with E-state index < -0.39 is 5.92 Å². The molecule has 0 unspecified atom stereocenters. The maximum Gasteiger partial charge on any atom is 0.243 e. The van der Waals surface area contributed by atoms with Crippen LogP contribution in [0.2, 0.25) is 0 Å². The summed E-state index contributed by atoms with van der Waals surface area (Å²) in [6.07, 6.45) is 1.83. The van der Waals surface area contributed by atoms with Crippen LogP contribution in [-0.4, -0.2) is 55.7 Å². The van der Waals surface area contributed by atoms with Gasteiger partial charge in [-0.1, -0.05) is 37.6 Å². The Morgan fingerprint density at radius 3 is 2.38 bits per heavy atom. The second kappa shape index (κ2) is 10.8. The summed E-state index contributed by atoms with van der Waals surface area (Å²) in [5.41, 5.74) is 2.90. The molecule has 1 fully saturated rings. The average Bonchev–Trinajstić information content (AvgIpc) is 2.89. The van der Waals surface area contributed by atoms with Gasteiger partial charge < -0.3 is 19.9 Å². The fourth-order valence-corrected chi connectivity index (χ4v) is 4.22. The smallest absolute Gasteiger partial charge is 0.243 e. The van der Waals surface area contributed by atoms with Crippen LogP contribution in [0.15, 0.2) is 48.5 Å². The van der Waals surface area contributed by atoms with Crippen molar-refractivity contribution >= 4 is 28.4 Å². The molecule has 8 heteroatoms. The molecule has 1 aliphatic heterocycles. The molecule has 0 bridgehead atoms. The number of anilines is 2. The summed E-state index contributed by atoms with van der Waals surface area (Å²) in [6, 6.07) is 17.7. The number of hydrogen-bond donors (Lipinski definition) is 1. The number of amides is 1. The van der Waals surface area contributed by atoms with E-state index in [9.17, 15) is 10.1 Å². The first-order chi connectivity index (χ1) is 16.7. The molecule has 1 aliphatic rings. The van der Waals surface area contributed by atoms with Crippen molar-refractivity contribution in [2.24, 2.45) is 0 Å². The van der Waals surface area contributed by atoms with E-state index in [1.54, 1.807) is 7.11 Å². The lowest BCUT2D eigenvalue weighted by Gasteiger charge is -2.38. The van der Waals surface area contributed by atoms with Crippen LogP contribution in [0.25, 0.3) is 11.0 Å². The third-order valence-electron chi connectivity index (χ3n) is 6.08. The van der Waals surface area contributed by atoms with Crippen molar-refractivity contribution in [2.75, 3.05) is 49.6 Å². The van der Waals surface area contributed by atoms with E-state index >= 15 is 0 Å². The number of benzene rings is 2. The van der Waals surface area contributed by atoms with Gasteiger partial charge in [0.25, 0.3) is 0 Å². The average molecular weight is 459 g/mol. The van der Waals surface area contributed by atoms with Crippen molar-refractivity contribution in [3.05, 3.63) is 54.2 Å². The number of nitriles is 1. The van der Waals surface area contributed by atoms with Gasteiger partial charge in [0, 0.05) is 32.7 Å². The second-order valence-electron chi connectivity index (χ2n) is 8.27. The molecule has 1 saturated heterocycles. The van der Waals surface area contributed by atoms with E-state index in [0.29, 0.717) is 36.7 Å². The third kappa shape index (κ3) is 4.88. The van der Waals surface area contributed by atoms with Crippen molar-refractivity contribution in [1.29, 1.82) is 5.26 Å². The van der Waals surface area contributed by atoms with Crippen molar-refractivity contribution in [2.45, 2.75) is 25.7 Å². The number of ether oxygens (including phenoxy) is 1. The highest BCUT2D eigenvalue weighted by Gasteiger charge is 2.30. The minimum atomic E-state index is -1.02. The topological polar surface area (TPSA) is 94.4 Å². The summed E-state index contributed by atoms with van der Waals surface area (Å²) < 4.78 is 5.53. The summed E-state index contributed by atoms with van der Waals surface area (Å²) >= 11 is 0. The lowest BCUT2D eigenvalue weighted by atomic mass is 10.0. The molecule has 176 valence electrons. The van der Waals surface area contributed by atoms with Crippen molar-refractivity contribution in [3.8, 4) is 11.8 Å². The lowest BCUT2D eigenvalue weighted by Crippen LogP contribution is -2.47. The van der Waals surface area contributed by atoms with Gasteiger partial charge >= 0.3 is 0 Å². The van der Waals surface area contributed by atoms with E-state index in [1.165, 1.54) is 0 Å².